The van der Waals surface area contributed by atoms with Gasteiger partial charge in [-0.15, -0.1) is 0 Å². The summed E-state index contributed by atoms with van der Waals surface area (Å²) in [5.74, 6) is -1.50. The molecule has 0 heterocycles. The lowest BCUT2D eigenvalue weighted by atomic mass is 10.1. The van der Waals surface area contributed by atoms with Crippen molar-refractivity contribution in [3.8, 4) is 0 Å². The molecule has 0 aromatic rings. The third-order valence-corrected chi connectivity index (χ3v) is 1.46. The molecule has 0 aliphatic rings. The van der Waals surface area contributed by atoms with E-state index in [4.69, 9.17) is 25.5 Å². The number of hydrogen-bond acceptors (Lipinski definition) is 6. The fourth-order valence-electron chi connectivity index (χ4n) is 0.742. The molecule has 13 heavy (non-hydrogen) atoms. The predicted molar refractivity (Wildman–Crippen MR) is 38.7 cm³/mol. The summed E-state index contributed by atoms with van der Waals surface area (Å²) in [5, 5.41) is 43.1. The third kappa shape index (κ3) is 3.25. The van der Waals surface area contributed by atoms with Crippen LogP contribution in [-0.2, 0) is 9.53 Å². The first-order chi connectivity index (χ1) is 5.91. The fraction of sp³-hybridized carbons (Fsp3) is 0.833. The van der Waals surface area contributed by atoms with E-state index < -0.39 is 30.6 Å². The van der Waals surface area contributed by atoms with Crippen LogP contribution >= 0.6 is 0 Å². The first kappa shape index (κ1) is 12.3. The van der Waals surface area contributed by atoms with Crippen LogP contribution in [-0.4, -0.2) is 63.2 Å². The highest BCUT2D eigenvalue weighted by atomic mass is 16.5. The van der Waals surface area contributed by atoms with E-state index in [0.29, 0.717) is 0 Å². The summed E-state index contributed by atoms with van der Waals surface area (Å²) in [5.41, 5.74) is 0. The smallest absolute Gasteiger partial charge is 0.335 e. The van der Waals surface area contributed by atoms with E-state index in [-0.39, 0.29) is 0 Å². The van der Waals surface area contributed by atoms with Crippen LogP contribution in [0.25, 0.3) is 0 Å². The largest absolute Gasteiger partial charge is 0.479 e. The molecule has 78 valence electrons. The number of aliphatic hydroxyl groups excluding tert-OH is 3. The molecule has 0 fully saturated rings. The number of carbonyl (C=O) groups is 1. The van der Waals surface area contributed by atoms with Gasteiger partial charge < -0.3 is 30.3 Å². The SMILES string of the molecule is COC(C(=O)O)C(O)C(O)C(O)O. The molecule has 5 N–H and O–H groups in total. The summed E-state index contributed by atoms with van der Waals surface area (Å²) in [6, 6.07) is 0. The highest BCUT2D eigenvalue weighted by Gasteiger charge is 2.35. The molecule has 0 aromatic heterocycles. The van der Waals surface area contributed by atoms with Crippen molar-refractivity contribution in [2.75, 3.05) is 7.11 Å². The van der Waals surface area contributed by atoms with E-state index in [0.717, 1.165) is 7.11 Å². The van der Waals surface area contributed by atoms with Crippen molar-refractivity contribution in [3.05, 3.63) is 0 Å². The van der Waals surface area contributed by atoms with Crippen molar-refractivity contribution in [3.63, 3.8) is 0 Å². The molecule has 0 saturated heterocycles. The normalized spacial score (nSPS) is 18.3. The number of carboxylic acids is 1. The van der Waals surface area contributed by atoms with Gasteiger partial charge in [0.15, 0.2) is 12.4 Å². The van der Waals surface area contributed by atoms with Gasteiger partial charge in [0.25, 0.3) is 0 Å². The molecule has 7 heteroatoms. The third-order valence-electron chi connectivity index (χ3n) is 1.46. The molecule has 0 bridgehead atoms. The van der Waals surface area contributed by atoms with Crippen molar-refractivity contribution in [2.24, 2.45) is 0 Å². The van der Waals surface area contributed by atoms with Crippen LogP contribution < -0.4 is 0 Å². The topological polar surface area (TPSA) is 127 Å². The van der Waals surface area contributed by atoms with Gasteiger partial charge in [0, 0.05) is 7.11 Å². The zero-order valence-electron chi connectivity index (χ0n) is 6.86. The summed E-state index contributed by atoms with van der Waals surface area (Å²) in [4.78, 5) is 10.3. The van der Waals surface area contributed by atoms with E-state index in [2.05, 4.69) is 4.74 Å². The predicted octanol–water partition coefficient (Wildman–Crippen LogP) is -2.88. The second-order valence-corrected chi connectivity index (χ2v) is 2.39. The molecule has 0 aliphatic heterocycles. The summed E-state index contributed by atoms with van der Waals surface area (Å²) in [6.07, 6.45) is -7.80. The molecule has 0 rings (SSSR count). The molecule has 0 saturated carbocycles. The van der Waals surface area contributed by atoms with Gasteiger partial charge in [-0.1, -0.05) is 0 Å². The van der Waals surface area contributed by atoms with Crippen LogP contribution in [0.4, 0.5) is 0 Å². The van der Waals surface area contributed by atoms with E-state index in [9.17, 15) is 4.79 Å². The van der Waals surface area contributed by atoms with Gasteiger partial charge in [0.1, 0.15) is 12.2 Å². The Morgan fingerprint density at radius 3 is 1.85 bits per heavy atom. The lowest BCUT2D eigenvalue weighted by Crippen LogP contribution is -2.48. The molecular weight excluding hydrogens is 184 g/mol. The van der Waals surface area contributed by atoms with E-state index in [1.807, 2.05) is 0 Å². The number of rotatable bonds is 5. The minimum atomic E-state index is -2.22. The number of hydrogen-bond donors (Lipinski definition) is 5. The molecule has 0 aliphatic carbocycles. The van der Waals surface area contributed by atoms with Crippen LogP contribution in [0, 0.1) is 0 Å². The van der Waals surface area contributed by atoms with Gasteiger partial charge >= 0.3 is 5.97 Å². The van der Waals surface area contributed by atoms with E-state index in [1.165, 1.54) is 0 Å². The van der Waals surface area contributed by atoms with Gasteiger partial charge in [0.05, 0.1) is 0 Å². The monoisotopic (exact) mass is 196 g/mol. The molecular formula is C6H12O7. The Balaban J connectivity index is 4.36. The van der Waals surface area contributed by atoms with Crippen LogP contribution in [0.15, 0.2) is 0 Å². The maximum absolute atomic E-state index is 10.3. The summed E-state index contributed by atoms with van der Waals surface area (Å²) in [7, 11) is 1.01. The van der Waals surface area contributed by atoms with E-state index >= 15 is 0 Å². The Hall–Kier alpha value is -0.730. The highest BCUT2D eigenvalue weighted by molar-refractivity contribution is 5.73. The Morgan fingerprint density at radius 1 is 1.15 bits per heavy atom. The van der Waals surface area contributed by atoms with Gasteiger partial charge in [-0.3, -0.25) is 0 Å². The highest BCUT2D eigenvalue weighted by Crippen LogP contribution is 2.06. The Labute approximate surface area is 73.8 Å². The Morgan fingerprint density at radius 2 is 1.62 bits per heavy atom. The standard InChI is InChI=1S/C6H12O7/c1-13-4(6(11)12)2(7)3(8)5(9)10/h2-5,7-10H,1H3,(H,11,12). The summed E-state index contributed by atoms with van der Waals surface area (Å²) < 4.78 is 4.31. The molecule has 7 nitrogen and oxygen atoms in total. The van der Waals surface area contributed by atoms with Gasteiger partial charge in [-0.05, 0) is 0 Å². The lowest BCUT2D eigenvalue weighted by molar-refractivity contribution is -0.190. The van der Waals surface area contributed by atoms with Crippen LogP contribution in [0.5, 0.6) is 0 Å². The zero-order chi connectivity index (χ0) is 10.6. The lowest BCUT2D eigenvalue weighted by Gasteiger charge is -2.23. The summed E-state index contributed by atoms with van der Waals surface area (Å²) in [6.45, 7) is 0. The van der Waals surface area contributed by atoms with Crippen LogP contribution in [0.2, 0.25) is 0 Å². The molecule has 0 amide bonds. The fourth-order valence-corrected chi connectivity index (χ4v) is 0.742. The molecule has 3 atom stereocenters. The van der Waals surface area contributed by atoms with Crippen molar-refractivity contribution in [2.45, 2.75) is 24.6 Å². The van der Waals surface area contributed by atoms with Crippen molar-refractivity contribution < 1.29 is 35.1 Å². The summed E-state index contributed by atoms with van der Waals surface area (Å²) >= 11 is 0. The average molecular weight is 196 g/mol. The minimum absolute atomic E-state index is 1.01. The number of aliphatic hydroxyl groups is 4. The first-order valence-electron chi connectivity index (χ1n) is 3.39. The number of methoxy groups -OCH3 is 1. The van der Waals surface area contributed by atoms with Gasteiger partial charge in [-0.2, -0.15) is 0 Å². The maximum atomic E-state index is 10.3. The number of aliphatic carboxylic acids is 1. The average Bonchev–Trinajstić information content (AvgIpc) is 2.03. The van der Waals surface area contributed by atoms with Gasteiger partial charge in [0.2, 0.25) is 0 Å². The van der Waals surface area contributed by atoms with Crippen LogP contribution in [0.1, 0.15) is 0 Å². The van der Waals surface area contributed by atoms with Gasteiger partial charge in [-0.25, -0.2) is 4.79 Å². The quantitative estimate of drug-likeness (QED) is 0.299. The van der Waals surface area contributed by atoms with Crippen molar-refractivity contribution in [1.82, 2.24) is 0 Å². The zero-order valence-corrected chi connectivity index (χ0v) is 6.86. The maximum Gasteiger partial charge on any atom is 0.335 e. The van der Waals surface area contributed by atoms with Crippen molar-refractivity contribution >= 4 is 5.97 Å². The molecule has 3 unspecified atom stereocenters. The minimum Gasteiger partial charge on any atom is -0.479 e. The molecule has 0 radical (unpaired) electrons. The Bertz CT molecular complexity index is 168. The van der Waals surface area contributed by atoms with Crippen LogP contribution in [0.3, 0.4) is 0 Å². The molecule has 0 aromatic carbocycles. The molecule has 0 spiro atoms. The number of ether oxygens (including phenoxy) is 1. The second kappa shape index (κ2) is 5.10. The Kier molecular flexibility index (Phi) is 4.81. The van der Waals surface area contributed by atoms with E-state index in [1.54, 1.807) is 0 Å². The second-order valence-electron chi connectivity index (χ2n) is 2.39. The number of carboxylic acid groups (broad SMARTS) is 1. The first-order valence-corrected chi connectivity index (χ1v) is 3.39. The van der Waals surface area contributed by atoms with Crippen molar-refractivity contribution in [1.29, 1.82) is 0 Å².